The fraction of sp³-hybridized carbons (Fsp3) is 0.538. The van der Waals surface area contributed by atoms with Crippen LogP contribution in [0, 0.1) is 5.92 Å². The molecular formula is C13H18N2O. The first-order chi connectivity index (χ1) is 7.58. The highest BCUT2D eigenvalue weighted by molar-refractivity contribution is 5.93. The number of nitrogens with zero attached hydrogens (tertiary/aromatic N) is 2. The monoisotopic (exact) mass is 218 g/mol. The van der Waals surface area contributed by atoms with Crippen molar-refractivity contribution in [2.24, 2.45) is 5.92 Å². The van der Waals surface area contributed by atoms with E-state index in [0.717, 1.165) is 18.3 Å². The number of hydrogen-bond acceptors (Lipinski definition) is 3. The first-order valence-corrected chi connectivity index (χ1v) is 5.81. The Morgan fingerprint density at radius 3 is 2.62 bits per heavy atom. The summed E-state index contributed by atoms with van der Waals surface area (Å²) >= 11 is 0. The molecule has 0 radical (unpaired) electrons. The molecule has 2 unspecified atom stereocenters. The Labute approximate surface area is 96.5 Å². The average molecular weight is 218 g/mol. The normalized spacial score (nSPS) is 24.8. The van der Waals surface area contributed by atoms with Crippen molar-refractivity contribution in [3.05, 3.63) is 23.9 Å². The standard InChI is InChI=1S/C13H18N2O/c1-9-6-10(2)15(8-9)13-5-4-12(7-14-13)11(3)16/h4-5,7,9-10H,6,8H2,1-3H3. The molecule has 1 aromatic rings. The molecule has 2 atom stereocenters. The van der Waals surface area contributed by atoms with Gasteiger partial charge in [-0.3, -0.25) is 4.79 Å². The van der Waals surface area contributed by atoms with Gasteiger partial charge in [-0.15, -0.1) is 0 Å². The highest BCUT2D eigenvalue weighted by Gasteiger charge is 2.26. The van der Waals surface area contributed by atoms with Crippen molar-refractivity contribution in [3.63, 3.8) is 0 Å². The summed E-state index contributed by atoms with van der Waals surface area (Å²) in [6.07, 6.45) is 2.89. The van der Waals surface area contributed by atoms with E-state index >= 15 is 0 Å². The summed E-state index contributed by atoms with van der Waals surface area (Å²) in [5, 5.41) is 0. The molecule has 0 amide bonds. The number of aromatic nitrogens is 1. The topological polar surface area (TPSA) is 33.2 Å². The van der Waals surface area contributed by atoms with Crippen LogP contribution < -0.4 is 4.90 Å². The van der Waals surface area contributed by atoms with E-state index in [9.17, 15) is 4.79 Å². The summed E-state index contributed by atoms with van der Waals surface area (Å²) in [7, 11) is 0. The van der Waals surface area contributed by atoms with Crippen molar-refractivity contribution in [3.8, 4) is 0 Å². The van der Waals surface area contributed by atoms with Crippen molar-refractivity contribution in [2.45, 2.75) is 33.2 Å². The molecule has 0 saturated carbocycles. The van der Waals surface area contributed by atoms with Gasteiger partial charge < -0.3 is 4.90 Å². The maximum Gasteiger partial charge on any atom is 0.161 e. The van der Waals surface area contributed by atoms with E-state index < -0.39 is 0 Å². The second kappa shape index (κ2) is 4.24. The summed E-state index contributed by atoms with van der Waals surface area (Å²) < 4.78 is 0. The Morgan fingerprint density at radius 2 is 2.19 bits per heavy atom. The smallest absolute Gasteiger partial charge is 0.161 e. The van der Waals surface area contributed by atoms with Gasteiger partial charge in [0.25, 0.3) is 0 Å². The molecule has 1 fully saturated rings. The summed E-state index contributed by atoms with van der Waals surface area (Å²) in [6, 6.07) is 4.36. The molecule has 86 valence electrons. The van der Waals surface area contributed by atoms with Crippen LogP contribution in [0.15, 0.2) is 18.3 Å². The minimum Gasteiger partial charge on any atom is -0.354 e. The SMILES string of the molecule is CC(=O)c1ccc(N2CC(C)CC2C)nc1. The number of carbonyl (C=O) groups is 1. The van der Waals surface area contributed by atoms with E-state index in [1.165, 1.54) is 6.42 Å². The lowest BCUT2D eigenvalue weighted by Crippen LogP contribution is -2.27. The van der Waals surface area contributed by atoms with Gasteiger partial charge in [0.15, 0.2) is 5.78 Å². The van der Waals surface area contributed by atoms with Gasteiger partial charge in [-0.2, -0.15) is 0 Å². The third-order valence-corrected chi connectivity index (χ3v) is 3.23. The number of hydrogen-bond donors (Lipinski definition) is 0. The third kappa shape index (κ3) is 2.08. The zero-order chi connectivity index (χ0) is 11.7. The predicted molar refractivity (Wildman–Crippen MR) is 64.8 cm³/mol. The summed E-state index contributed by atoms with van der Waals surface area (Å²) in [5.74, 6) is 1.79. The zero-order valence-electron chi connectivity index (χ0n) is 10.1. The molecule has 0 N–H and O–H groups in total. The molecule has 1 aliphatic rings. The largest absolute Gasteiger partial charge is 0.354 e. The van der Waals surface area contributed by atoms with Gasteiger partial charge in [0.2, 0.25) is 0 Å². The molecule has 0 aromatic carbocycles. The number of Topliss-reactive ketones (excluding diaryl/α,β-unsaturated/α-hetero) is 1. The van der Waals surface area contributed by atoms with Crippen molar-refractivity contribution in [1.29, 1.82) is 0 Å². The van der Waals surface area contributed by atoms with Crippen LogP contribution in [0.3, 0.4) is 0 Å². The van der Waals surface area contributed by atoms with Crippen molar-refractivity contribution < 1.29 is 4.79 Å². The molecule has 3 nitrogen and oxygen atoms in total. The first-order valence-electron chi connectivity index (χ1n) is 5.81. The first kappa shape index (κ1) is 11.1. The maximum atomic E-state index is 11.1. The van der Waals surface area contributed by atoms with Gasteiger partial charge in [-0.25, -0.2) is 4.98 Å². The van der Waals surface area contributed by atoms with Gasteiger partial charge >= 0.3 is 0 Å². The lowest BCUT2D eigenvalue weighted by Gasteiger charge is -2.22. The molecule has 0 bridgehead atoms. The quantitative estimate of drug-likeness (QED) is 0.715. The lowest BCUT2D eigenvalue weighted by atomic mass is 10.1. The molecule has 1 aromatic heterocycles. The number of pyridine rings is 1. The molecule has 16 heavy (non-hydrogen) atoms. The van der Waals surface area contributed by atoms with E-state index in [2.05, 4.69) is 23.7 Å². The van der Waals surface area contributed by atoms with Crippen LogP contribution in [0.2, 0.25) is 0 Å². The lowest BCUT2D eigenvalue weighted by molar-refractivity contribution is 0.101. The Hall–Kier alpha value is -1.38. The minimum atomic E-state index is 0.0712. The highest BCUT2D eigenvalue weighted by atomic mass is 16.1. The van der Waals surface area contributed by atoms with Crippen molar-refractivity contribution in [1.82, 2.24) is 4.98 Å². The molecule has 0 spiro atoms. The van der Waals surface area contributed by atoms with Crippen LogP contribution in [-0.4, -0.2) is 23.4 Å². The highest BCUT2D eigenvalue weighted by Crippen LogP contribution is 2.27. The number of rotatable bonds is 2. The van der Waals surface area contributed by atoms with Gasteiger partial charge in [0.05, 0.1) is 0 Å². The van der Waals surface area contributed by atoms with E-state index in [-0.39, 0.29) is 5.78 Å². The molecule has 2 heterocycles. The van der Waals surface area contributed by atoms with Crippen molar-refractivity contribution in [2.75, 3.05) is 11.4 Å². The molecule has 3 heteroatoms. The molecule has 1 saturated heterocycles. The molecular weight excluding hydrogens is 200 g/mol. The Balaban J connectivity index is 2.19. The van der Waals surface area contributed by atoms with Crippen LogP contribution in [0.25, 0.3) is 0 Å². The molecule has 0 aliphatic carbocycles. The average Bonchev–Trinajstić information content (AvgIpc) is 2.58. The number of anilines is 1. The van der Waals surface area contributed by atoms with E-state index in [0.29, 0.717) is 11.6 Å². The second-order valence-electron chi connectivity index (χ2n) is 4.80. The molecule has 1 aliphatic heterocycles. The number of carbonyl (C=O) groups excluding carboxylic acids is 1. The minimum absolute atomic E-state index is 0.0712. The Bertz CT molecular complexity index is 385. The summed E-state index contributed by atoms with van der Waals surface area (Å²) in [6.45, 7) is 7.12. The second-order valence-corrected chi connectivity index (χ2v) is 4.80. The van der Waals surface area contributed by atoms with E-state index in [1.54, 1.807) is 13.1 Å². The fourth-order valence-corrected chi connectivity index (χ4v) is 2.38. The Morgan fingerprint density at radius 1 is 1.44 bits per heavy atom. The van der Waals surface area contributed by atoms with Crippen LogP contribution >= 0.6 is 0 Å². The molecule has 2 rings (SSSR count). The van der Waals surface area contributed by atoms with Crippen LogP contribution in [-0.2, 0) is 0 Å². The predicted octanol–water partition coefficient (Wildman–Crippen LogP) is 2.52. The Kier molecular flexibility index (Phi) is 2.95. The van der Waals surface area contributed by atoms with E-state index in [1.807, 2.05) is 12.1 Å². The summed E-state index contributed by atoms with van der Waals surface area (Å²) in [4.78, 5) is 17.8. The van der Waals surface area contributed by atoms with E-state index in [4.69, 9.17) is 0 Å². The van der Waals surface area contributed by atoms with Gasteiger partial charge in [0, 0.05) is 24.3 Å². The zero-order valence-corrected chi connectivity index (χ0v) is 10.1. The van der Waals surface area contributed by atoms with Crippen LogP contribution in [0.4, 0.5) is 5.82 Å². The fourth-order valence-electron chi connectivity index (χ4n) is 2.38. The summed E-state index contributed by atoms with van der Waals surface area (Å²) in [5.41, 5.74) is 0.684. The van der Waals surface area contributed by atoms with Crippen LogP contribution in [0.5, 0.6) is 0 Å². The number of ketones is 1. The third-order valence-electron chi connectivity index (χ3n) is 3.23. The van der Waals surface area contributed by atoms with Gasteiger partial charge in [0.1, 0.15) is 5.82 Å². The van der Waals surface area contributed by atoms with Gasteiger partial charge in [-0.1, -0.05) is 6.92 Å². The van der Waals surface area contributed by atoms with Gasteiger partial charge in [-0.05, 0) is 38.3 Å². The van der Waals surface area contributed by atoms with Crippen LogP contribution in [0.1, 0.15) is 37.6 Å². The van der Waals surface area contributed by atoms with Crippen molar-refractivity contribution >= 4 is 11.6 Å². The maximum absolute atomic E-state index is 11.1.